The third-order valence-electron chi connectivity index (χ3n) is 4.20. The highest BCUT2D eigenvalue weighted by atomic mass is 32.1. The first kappa shape index (κ1) is 16.7. The Morgan fingerprint density at radius 3 is 2.83 bits per heavy atom. The summed E-state index contributed by atoms with van der Waals surface area (Å²) in [5, 5.41) is 4.95. The van der Waals surface area contributed by atoms with Gasteiger partial charge >= 0.3 is 0 Å². The topological polar surface area (TPSA) is 49.4 Å². The Balaban J connectivity index is 1.61. The highest BCUT2D eigenvalue weighted by Gasteiger charge is 2.26. The van der Waals surface area contributed by atoms with Crippen molar-refractivity contribution < 1.29 is 9.59 Å². The molecule has 0 atom stereocenters. The van der Waals surface area contributed by atoms with E-state index in [9.17, 15) is 9.59 Å². The van der Waals surface area contributed by atoms with Gasteiger partial charge in [-0.1, -0.05) is 32.0 Å². The number of nitrogens with zero attached hydrogens (tertiary/aromatic N) is 1. The molecule has 1 aliphatic rings. The van der Waals surface area contributed by atoms with E-state index < -0.39 is 0 Å². The highest BCUT2D eigenvalue weighted by Crippen LogP contribution is 2.30. The zero-order valence-corrected chi connectivity index (χ0v) is 14.9. The normalized spacial score (nSPS) is 13.2. The fourth-order valence-corrected chi connectivity index (χ4v) is 3.64. The summed E-state index contributed by atoms with van der Waals surface area (Å²) in [4.78, 5) is 27.2. The van der Waals surface area contributed by atoms with Crippen LogP contribution in [0.15, 0.2) is 35.7 Å². The smallest absolute Gasteiger partial charge is 0.229 e. The van der Waals surface area contributed by atoms with Gasteiger partial charge in [-0.3, -0.25) is 9.59 Å². The molecule has 1 aromatic carbocycles. The van der Waals surface area contributed by atoms with E-state index >= 15 is 0 Å². The highest BCUT2D eigenvalue weighted by molar-refractivity contribution is 7.10. The van der Waals surface area contributed by atoms with Crippen LogP contribution < -0.4 is 10.2 Å². The molecule has 0 radical (unpaired) electrons. The zero-order valence-electron chi connectivity index (χ0n) is 14.0. The number of benzene rings is 1. The minimum Gasteiger partial charge on any atom is -0.352 e. The average molecular weight is 342 g/mol. The maximum Gasteiger partial charge on any atom is 0.229 e. The molecule has 1 aliphatic heterocycles. The number of thiophene rings is 1. The van der Waals surface area contributed by atoms with Gasteiger partial charge in [0, 0.05) is 29.6 Å². The second kappa shape index (κ2) is 7.18. The van der Waals surface area contributed by atoms with Crippen LogP contribution in [-0.2, 0) is 29.0 Å². The van der Waals surface area contributed by atoms with Gasteiger partial charge < -0.3 is 10.2 Å². The molecular weight excluding hydrogens is 320 g/mol. The maximum absolute atomic E-state index is 12.2. The Kier molecular flexibility index (Phi) is 5.00. The number of amides is 2. The molecule has 2 aromatic rings. The number of nitrogens with one attached hydrogen (secondary N) is 1. The van der Waals surface area contributed by atoms with E-state index in [1.165, 1.54) is 5.56 Å². The van der Waals surface area contributed by atoms with E-state index in [-0.39, 0.29) is 17.7 Å². The van der Waals surface area contributed by atoms with E-state index in [0.717, 1.165) is 29.1 Å². The number of hydrogen-bond acceptors (Lipinski definition) is 3. The minimum absolute atomic E-state index is 0.00664. The predicted molar refractivity (Wildman–Crippen MR) is 97.2 cm³/mol. The minimum atomic E-state index is 0.00664. The fraction of sp³-hybridized carbons (Fsp3) is 0.368. The van der Waals surface area contributed by atoms with Crippen LogP contribution in [0.4, 0.5) is 5.69 Å². The second-order valence-corrected chi connectivity index (χ2v) is 7.42. The summed E-state index contributed by atoms with van der Waals surface area (Å²) in [7, 11) is 0. The third-order valence-corrected chi connectivity index (χ3v) is 5.08. The van der Waals surface area contributed by atoms with Crippen LogP contribution in [0.1, 0.15) is 29.9 Å². The second-order valence-electron chi connectivity index (χ2n) is 6.39. The van der Waals surface area contributed by atoms with Gasteiger partial charge in [-0.15, -0.1) is 11.3 Å². The summed E-state index contributed by atoms with van der Waals surface area (Å²) in [6, 6.07) is 10.0. The SMILES string of the molecule is CC(C)C(=O)N1CCc2cc(CNC(=O)Cc3cccs3)ccc21. The average Bonchev–Trinajstić information content (AvgIpc) is 3.21. The molecule has 1 aromatic heterocycles. The van der Waals surface area contributed by atoms with E-state index in [1.807, 2.05) is 48.4 Å². The fourth-order valence-electron chi connectivity index (χ4n) is 2.94. The summed E-state index contributed by atoms with van der Waals surface area (Å²) in [5.41, 5.74) is 3.28. The van der Waals surface area contributed by atoms with Crippen LogP contribution in [0.2, 0.25) is 0 Å². The van der Waals surface area contributed by atoms with Crippen molar-refractivity contribution in [3.05, 3.63) is 51.7 Å². The number of anilines is 1. The van der Waals surface area contributed by atoms with Crippen molar-refractivity contribution in [1.29, 1.82) is 0 Å². The zero-order chi connectivity index (χ0) is 17.1. The van der Waals surface area contributed by atoms with Crippen molar-refractivity contribution in [2.75, 3.05) is 11.4 Å². The van der Waals surface area contributed by atoms with Crippen LogP contribution >= 0.6 is 11.3 Å². The largest absolute Gasteiger partial charge is 0.352 e. The van der Waals surface area contributed by atoms with Crippen molar-refractivity contribution in [3.8, 4) is 0 Å². The third kappa shape index (κ3) is 3.67. The number of carbonyl (C=O) groups excluding carboxylic acids is 2. The van der Waals surface area contributed by atoms with Crippen LogP contribution in [0, 0.1) is 5.92 Å². The molecule has 0 bridgehead atoms. The lowest BCUT2D eigenvalue weighted by atomic mass is 10.1. The molecule has 4 nitrogen and oxygen atoms in total. The molecule has 126 valence electrons. The monoisotopic (exact) mass is 342 g/mol. The first-order valence-electron chi connectivity index (χ1n) is 8.27. The van der Waals surface area contributed by atoms with Gasteiger partial charge in [0.05, 0.1) is 6.42 Å². The van der Waals surface area contributed by atoms with E-state index in [2.05, 4.69) is 11.4 Å². The lowest BCUT2D eigenvalue weighted by Crippen LogP contribution is -2.32. The molecule has 0 saturated carbocycles. The molecule has 0 aliphatic carbocycles. The molecule has 3 rings (SSSR count). The first-order valence-corrected chi connectivity index (χ1v) is 9.15. The molecule has 24 heavy (non-hydrogen) atoms. The van der Waals surface area contributed by atoms with Gasteiger partial charge in [-0.25, -0.2) is 0 Å². The molecule has 0 fully saturated rings. The summed E-state index contributed by atoms with van der Waals surface area (Å²) in [6.07, 6.45) is 1.31. The molecular formula is C19H22N2O2S. The quantitative estimate of drug-likeness (QED) is 0.907. The summed E-state index contributed by atoms with van der Waals surface area (Å²) < 4.78 is 0. The van der Waals surface area contributed by atoms with Gasteiger partial charge in [0.25, 0.3) is 0 Å². The van der Waals surface area contributed by atoms with Crippen LogP contribution in [0.5, 0.6) is 0 Å². The van der Waals surface area contributed by atoms with Gasteiger partial charge in [-0.2, -0.15) is 0 Å². The molecule has 0 saturated heterocycles. The van der Waals surface area contributed by atoms with E-state index in [4.69, 9.17) is 0 Å². The van der Waals surface area contributed by atoms with Gasteiger partial charge in [0.2, 0.25) is 11.8 Å². The lowest BCUT2D eigenvalue weighted by Gasteiger charge is -2.19. The summed E-state index contributed by atoms with van der Waals surface area (Å²) in [6.45, 7) is 5.13. The van der Waals surface area contributed by atoms with Gasteiger partial charge in [0.1, 0.15) is 0 Å². The molecule has 2 heterocycles. The predicted octanol–water partition coefficient (Wildman–Crippen LogP) is 3.15. The van der Waals surface area contributed by atoms with Crippen LogP contribution in [-0.4, -0.2) is 18.4 Å². The number of hydrogen-bond donors (Lipinski definition) is 1. The van der Waals surface area contributed by atoms with Gasteiger partial charge in [0.15, 0.2) is 0 Å². The standard InChI is InChI=1S/C19H22N2O2S/c1-13(2)19(23)21-8-7-15-10-14(5-6-17(15)21)12-20-18(22)11-16-4-3-9-24-16/h3-6,9-10,13H,7-8,11-12H2,1-2H3,(H,20,22). The van der Waals surface area contributed by atoms with Crippen LogP contribution in [0.25, 0.3) is 0 Å². The summed E-state index contributed by atoms with van der Waals surface area (Å²) >= 11 is 1.60. The molecule has 0 unspecified atom stereocenters. The summed E-state index contributed by atoms with van der Waals surface area (Å²) in [5.74, 6) is 0.215. The van der Waals surface area contributed by atoms with E-state index in [0.29, 0.717) is 13.0 Å². The van der Waals surface area contributed by atoms with Crippen molar-refractivity contribution >= 4 is 28.8 Å². The number of rotatable bonds is 5. The molecule has 0 spiro atoms. The Labute approximate surface area is 146 Å². The Bertz CT molecular complexity index is 738. The number of carbonyl (C=O) groups is 2. The van der Waals surface area contributed by atoms with Crippen molar-refractivity contribution in [2.45, 2.75) is 33.2 Å². The van der Waals surface area contributed by atoms with Gasteiger partial charge in [-0.05, 0) is 35.1 Å². The van der Waals surface area contributed by atoms with Crippen molar-refractivity contribution in [1.82, 2.24) is 5.32 Å². The Morgan fingerprint density at radius 1 is 1.29 bits per heavy atom. The maximum atomic E-state index is 12.2. The molecule has 5 heteroatoms. The van der Waals surface area contributed by atoms with Crippen molar-refractivity contribution in [3.63, 3.8) is 0 Å². The van der Waals surface area contributed by atoms with E-state index in [1.54, 1.807) is 11.3 Å². The first-order chi connectivity index (χ1) is 11.5. The lowest BCUT2D eigenvalue weighted by molar-refractivity contribution is -0.121. The molecule has 1 N–H and O–H groups in total. The Hall–Kier alpha value is -2.14. The Morgan fingerprint density at radius 2 is 2.12 bits per heavy atom. The molecule has 2 amide bonds. The van der Waals surface area contributed by atoms with Crippen LogP contribution in [0.3, 0.4) is 0 Å². The van der Waals surface area contributed by atoms with Crippen molar-refractivity contribution in [2.24, 2.45) is 5.92 Å². The number of fused-ring (bicyclic) bond motifs is 1.